The molecule has 19 heavy (non-hydrogen) atoms. The van der Waals surface area contributed by atoms with Gasteiger partial charge in [0, 0.05) is 31.5 Å². The van der Waals surface area contributed by atoms with Crippen molar-refractivity contribution in [2.24, 2.45) is 0 Å². The van der Waals surface area contributed by atoms with Gasteiger partial charge in [0.2, 0.25) is 5.95 Å². The van der Waals surface area contributed by atoms with E-state index in [-0.39, 0.29) is 0 Å². The molecule has 0 atom stereocenters. The smallest absolute Gasteiger partial charge is 0.222 e. The van der Waals surface area contributed by atoms with Gasteiger partial charge in [0.1, 0.15) is 0 Å². The minimum Gasteiger partial charge on any atom is -0.363 e. The minimum absolute atomic E-state index is 0.485. The van der Waals surface area contributed by atoms with Crippen LogP contribution in [0.4, 0.5) is 10.9 Å². The summed E-state index contributed by atoms with van der Waals surface area (Å²) in [6.45, 7) is 4.21. The van der Waals surface area contributed by atoms with Gasteiger partial charge in [-0.25, -0.2) is 9.97 Å². The number of piperidine rings is 1. The maximum atomic E-state index is 4.31. The van der Waals surface area contributed by atoms with Crippen molar-refractivity contribution in [2.75, 3.05) is 23.3 Å². The quantitative estimate of drug-likeness (QED) is 0.934. The highest BCUT2D eigenvalue weighted by Gasteiger charge is 2.20. The Bertz CT molecular complexity index is 501. The molecule has 1 fully saturated rings. The predicted molar refractivity (Wildman–Crippen MR) is 79.9 cm³/mol. The van der Waals surface area contributed by atoms with E-state index >= 15 is 0 Å². The predicted octanol–water partition coefficient (Wildman–Crippen LogP) is 2.93. The summed E-state index contributed by atoms with van der Waals surface area (Å²) in [4.78, 5) is 11.1. The fourth-order valence-corrected chi connectivity index (χ4v) is 3.13. The first-order valence-electron chi connectivity index (χ1n) is 6.65. The van der Waals surface area contributed by atoms with Crippen molar-refractivity contribution >= 4 is 22.3 Å². The molecule has 1 aliphatic rings. The van der Waals surface area contributed by atoms with Gasteiger partial charge in [-0.3, -0.25) is 0 Å². The third-order valence-electron chi connectivity index (χ3n) is 3.43. The largest absolute Gasteiger partial charge is 0.363 e. The second kappa shape index (κ2) is 5.57. The van der Waals surface area contributed by atoms with Crippen LogP contribution in [0.5, 0.6) is 0 Å². The lowest BCUT2D eigenvalue weighted by molar-refractivity contribution is 0.526. The van der Waals surface area contributed by atoms with Crippen LogP contribution in [0.25, 0.3) is 0 Å². The van der Waals surface area contributed by atoms with Crippen LogP contribution >= 0.6 is 11.3 Å². The van der Waals surface area contributed by atoms with Crippen LogP contribution in [-0.4, -0.2) is 29.1 Å². The molecule has 1 saturated heterocycles. The van der Waals surface area contributed by atoms with E-state index in [1.165, 1.54) is 5.00 Å². The Morgan fingerprint density at radius 1 is 1.26 bits per heavy atom. The zero-order valence-corrected chi connectivity index (χ0v) is 11.9. The number of aryl methyl sites for hydroxylation is 1. The highest BCUT2D eigenvalue weighted by Crippen LogP contribution is 2.25. The van der Waals surface area contributed by atoms with Gasteiger partial charge in [0.15, 0.2) is 0 Å². The molecule has 0 bridgehead atoms. The van der Waals surface area contributed by atoms with Crippen LogP contribution in [0, 0.1) is 6.92 Å². The Morgan fingerprint density at radius 2 is 2.00 bits per heavy atom. The molecule has 1 N–H and O–H groups in total. The van der Waals surface area contributed by atoms with Gasteiger partial charge < -0.3 is 10.2 Å². The van der Waals surface area contributed by atoms with E-state index in [0.717, 1.165) is 37.4 Å². The summed E-state index contributed by atoms with van der Waals surface area (Å²) < 4.78 is 0. The average Bonchev–Trinajstić information content (AvgIpc) is 2.96. The van der Waals surface area contributed by atoms with Crippen molar-refractivity contribution in [2.45, 2.75) is 25.8 Å². The molecule has 0 unspecified atom stereocenters. The number of nitrogens with zero attached hydrogens (tertiary/aromatic N) is 3. The van der Waals surface area contributed by atoms with Crippen LogP contribution < -0.4 is 10.2 Å². The van der Waals surface area contributed by atoms with Gasteiger partial charge in [0.25, 0.3) is 0 Å². The Hall–Kier alpha value is -1.62. The van der Waals surface area contributed by atoms with Crippen molar-refractivity contribution in [1.29, 1.82) is 0 Å². The molecule has 2 aromatic rings. The molecule has 1 aliphatic heterocycles. The number of aromatic nitrogens is 2. The fraction of sp³-hybridized carbons (Fsp3) is 0.429. The van der Waals surface area contributed by atoms with Crippen LogP contribution in [0.1, 0.15) is 18.4 Å². The van der Waals surface area contributed by atoms with Crippen molar-refractivity contribution in [3.63, 3.8) is 0 Å². The van der Waals surface area contributed by atoms with Crippen LogP contribution in [-0.2, 0) is 0 Å². The average molecular weight is 274 g/mol. The van der Waals surface area contributed by atoms with Gasteiger partial charge >= 0.3 is 0 Å². The van der Waals surface area contributed by atoms with Gasteiger partial charge in [-0.2, -0.15) is 0 Å². The highest BCUT2D eigenvalue weighted by molar-refractivity contribution is 7.14. The van der Waals surface area contributed by atoms with Crippen LogP contribution in [0.3, 0.4) is 0 Å². The van der Waals surface area contributed by atoms with E-state index in [0.29, 0.717) is 6.04 Å². The summed E-state index contributed by atoms with van der Waals surface area (Å²) in [6.07, 6.45) is 5.98. The van der Waals surface area contributed by atoms with E-state index in [1.54, 1.807) is 0 Å². The summed E-state index contributed by atoms with van der Waals surface area (Å²) >= 11 is 1.82. The SMILES string of the molecule is Cc1cnc(NC2CCN(c3cccs3)CC2)nc1. The van der Waals surface area contributed by atoms with E-state index in [4.69, 9.17) is 0 Å². The Labute approximate surface area is 117 Å². The molecule has 0 aliphatic carbocycles. The van der Waals surface area contributed by atoms with Crippen LogP contribution in [0.2, 0.25) is 0 Å². The molecule has 0 radical (unpaired) electrons. The van der Waals surface area contributed by atoms with Crippen LogP contribution in [0.15, 0.2) is 29.9 Å². The molecule has 0 amide bonds. The highest BCUT2D eigenvalue weighted by atomic mass is 32.1. The van der Waals surface area contributed by atoms with Gasteiger partial charge in [-0.1, -0.05) is 0 Å². The molecule has 5 heteroatoms. The Balaban J connectivity index is 1.54. The molecule has 0 aromatic carbocycles. The maximum absolute atomic E-state index is 4.31. The van der Waals surface area contributed by atoms with E-state index < -0.39 is 0 Å². The molecule has 3 rings (SSSR count). The normalized spacial score (nSPS) is 16.6. The molecule has 4 nitrogen and oxygen atoms in total. The van der Waals surface area contributed by atoms with E-state index in [1.807, 2.05) is 30.7 Å². The second-order valence-corrected chi connectivity index (χ2v) is 5.87. The summed E-state index contributed by atoms with van der Waals surface area (Å²) in [7, 11) is 0. The maximum Gasteiger partial charge on any atom is 0.222 e. The zero-order valence-electron chi connectivity index (χ0n) is 11.0. The summed E-state index contributed by atoms with van der Waals surface area (Å²) in [5.41, 5.74) is 1.10. The molecular formula is C14H18N4S. The third kappa shape index (κ3) is 3.04. The number of hydrogen-bond acceptors (Lipinski definition) is 5. The number of hydrogen-bond donors (Lipinski definition) is 1. The number of rotatable bonds is 3. The molecular weight excluding hydrogens is 256 g/mol. The van der Waals surface area contributed by atoms with Gasteiger partial charge in [0.05, 0.1) is 5.00 Å². The Morgan fingerprint density at radius 3 is 2.63 bits per heavy atom. The van der Waals surface area contributed by atoms with Gasteiger partial charge in [-0.05, 0) is 42.8 Å². The minimum atomic E-state index is 0.485. The van der Waals surface area contributed by atoms with Crippen molar-refractivity contribution in [3.05, 3.63) is 35.5 Å². The third-order valence-corrected chi connectivity index (χ3v) is 4.36. The summed E-state index contributed by atoms with van der Waals surface area (Å²) in [5, 5.41) is 6.95. The van der Waals surface area contributed by atoms with Crippen molar-refractivity contribution in [3.8, 4) is 0 Å². The lowest BCUT2D eigenvalue weighted by atomic mass is 10.1. The zero-order chi connectivity index (χ0) is 13.1. The van der Waals surface area contributed by atoms with E-state index in [2.05, 4.69) is 37.7 Å². The van der Waals surface area contributed by atoms with E-state index in [9.17, 15) is 0 Å². The molecule has 0 saturated carbocycles. The standard InChI is InChI=1S/C14H18N4S/c1-11-9-15-14(16-10-11)17-12-4-6-18(7-5-12)13-3-2-8-19-13/h2-3,8-10,12H,4-7H2,1H3,(H,15,16,17). The number of thiophene rings is 1. The molecule has 3 heterocycles. The second-order valence-electron chi connectivity index (χ2n) is 4.94. The first-order chi connectivity index (χ1) is 9.31. The first kappa shape index (κ1) is 12.4. The lowest BCUT2D eigenvalue weighted by Gasteiger charge is -2.32. The Kier molecular flexibility index (Phi) is 3.64. The lowest BCUT2D eigenvalue weighted by Crippen LogP contribution is -2.39. The number of nitrogens with one attached hydrogen (secondary N) is 1. The molecule has 100 valence electrons. The topological polar surface area (TPSA) is 41.1 Å². The fourth-order valence-electron chi connectivity index (χ4n) is 2.34. The number of anilines is 2. The van der Waals surface area contributed by atoms with Crippen molar-refractivity contribution in [1.82, 2.24) is 9.97 Å². The first-order valence-corrected chi connectivity index (χ1v) is 7.53. The van der Waals surface area contributed by atoms with Crippen molar-refractivity contribution < 1.29 is 0 Å². The summed E-state index contributed by atoms with van der Waals surface area (Å²) in [6, 6.07) is 4.80. The monoisotopic (exact) mass is 274 g/mol. The molecule has 0 spiro atoms. The molecule has 2 aromatic heterocycles. The van der Waals surface area contributed by atoms with Gasteiger partial charge in [-0.15, -0.1) is 11.3 Å². The summed E-state index contributed by atoms with van der Waals surface area (Å²) in [5.74, 6) is 0.750.